The number of fused-ring (bicyclic) bond motifs is 1. The lowest BCUT2D eigenvalue weighted by Gasteiger charge is -1.93. The van der Waals surface area contributed by atoms with E-state index in [0.29, 0.717) is 21.6 Å². The molecule has 2 heterocycles. The molecule has 0 fully saturated rings. The second-order valence-electron chi connectivity index (χ2n) is 3.20. The van der Waals surface area contributed by atoms with E-state index in [1.807, 2.05) is 0 Å². The Morgan fingerprint density at radius 2 is 2.31 bits per heavy atom. The molecular weight excluding hydrogens is 228 g/mol. The number of carboxylic acid groups (broad SMARTS) is 1. The van der Waals surface area contributed by atoms with Gasteiger partial charge >= 0.3 is 5.97 Å². The average molecular weight is 236 g/mol. The highest BCUT2D eigenvalue weighted by molar-refractivity contribution is 7.20. The monoisotopic (exact) mass is 236 g/mol. The maximum atomic E-state index is 11.7. The predicted molar refractivity (Wildman–Crippen MR) is 62.0 cm³/mol. The number of aromatic nitrogens is 2. The summed E-state index contributed by atoms with van der Waals surface area (Å²) in [7, 11) is 0. The molecule has 2 aromatic rings. The zero-order valence-corrected chi connectivity index (χ0v) is 9.22. The van der Waals surface area contributed by atoms with E-state index < -0.39 is 5.97 Å². The Labute approximate surface area is 94.1 Å². The third-order valence-corrected chi connectivity index (χ3v) is 3.38. The van der Waals surface area contributed by atoms with Crippen molar-refractivity contribution in [3.63, 3.8) is 0 Å². The number of hydrogen-bond donors (Lipinski definition) is 2. The van der Waals surface area contributed by atoms with Crippen molar-refractivity contribution in [2.24, 2.45) is 0 Å². The van der Waals surface area contributed by atoms with Crippen molar-refractivity contribution < 1.29 is 9.90 Å². The molecular formula is C10H8N2O3S. The van der Waals surface area contributed by atoms with Crippen LogP contribution < -0.4 is 5.56 Å². The fraction of sp³-hybridized carbons (Fsp3) is 0.100. The first kappa shape index (κ1) is 10.6. The molecule has 0 aliphatic rings. The van der Waals surface area contributed by atoms with Crippen molar-refractivity contribution in [3.8, 4) is 0 Å². The Kier molecular flexibility index (Phi) is 2.35. The molecule has 5 nitrogen and oxygen atoms in total. The number of aromatic amines is 1. The van der Waals surface area contributed by atoms with E-state index in [1.54, 1.807) is 6.92 Å². The summed E-state index contributed by atoms with van der Waals surface area (Å²) < 4.78 is 0. The van der Waals surface area contributed by atoms with Gasteiger partial charge in [-0.25, -0.2) is 9.78 Å². The molecule has 0 saturated heterocycles. The molecule has 0 unspecified atom stereocenters. The molecule has 0 amide bonds. The molecule has 0 aliphatic carbocycles. The van der Waals surface area contributed by atoms with E-state index in [1.165, 1.54) is 6.08 Å². The minimum absolute atomic E-state index is 0.147. The number of H-pyrrole nitrogens is 1. The molecule has 6 heteroatoms. The standard InChI is InChI=1S/C10H8N2O3S/c1-3-5-11-8(13)6-4(2)7(10(14)15)16-9(6)12-5/h3H,1H2,2H3,(H,14,15)(H,11,12,13). The van der Waals surface area contributed by atoms with E-state index in [2.05, 4.69) is 16.5 Å². The van der Waals surface area contributed by atoms with Crippen molar-refractivity contribution in [2.75, 3.05) is 0 Å². The largest absolute Gasteiger partial charge is 0.477 e. The Balaban J connectivity index is 2.91. The molecule has 0 aromatic carbocycles. The number of hydrogen-bond acceptors (Lipinski definition) is 4. The second kappa shape index (κ2) is 3.57. The summed E-state index contributed by atoms with van der Waals surface area (Å²) in [5, 5.41) is 9.28. The van der Waals surface area contributed by atoms with E-state index in [4.69, 9.17) is 5.11 Å². The molecule has 2 aromatic heterocycles. The maximum Gasteiger partial charge on any atom is 0.346 e. The summed E-state index contributed by atoms with van der Waals surface area (Å²) in [6, 6.07) is 0. The molecule has 82 valence electrons. The highest BCUT2D eigenvalue weighted by Gasteiger charge is 2.17. The SMILES string of the molecule is C=Cc1nc2sc(C(=O)O)c(C)c2c(=O)[nH]1. The van der Waals surface area contributed by atoms with Crippen LogP contribution in [0, 0.1) is 6.92 Å². The minimum Gasteiger partial charge on any atom is -0.477 e. The number of thiophene rings is 1. The van der Waals surface area contributed by atoms with Crippen LogP contribution in [0.2, 0.25) is 0 Å². The zero-order valence-electron chi connectivity index (χ0n) is 8.40. The molecule has 0 saturated carbocycles. The van der Waals surface area contributed by atoms with Gasteiger partial charge in [-0.15, -0.1) is 11.3 Å². The summed E-state index contributed by atoms with van der Waals surface area (Å²) in [6.07, 6.45) is 1.41. The van der Waals surface area contributed by atoms with Gasteiger partial charge < -0.3 is 10.1 Å². The molecule has 0 atom stereocenters. The number of aryl methyl sites for hydroxylation is 1. The van der Waals surface area contributed by atoms with Gasteiger partial charge in [-0.3, -0.25) is 4.79 Å². The first-order chi connectivity index (χ1) is 7.54. The Hall–Kier alpha value is -1.95. The first-order valence-electron chi connectivity index (χ1n) is 4.43. The summed E-state index contributed by atoms with van der Waals surface area (Å²) in [5.41, 5.74) is 0.123. The van der Waals surface area contributed by atoms with E-state index in [9.17, 15) is 9.59 Å². The molecule has 2 N–H and O–H groups in total. The van der Waals surface area contributed by atoms with E-state index in [0.717, 1.165) is 11.3 Å². The number of rotatable bonds is 2. The van der Waals surface area contributed by atoms with Crippen LogP contribution in [0.1, 0.15) is 21.1 Å². The van der Waals surface area contributed by atoms with Gasteiger partial charge in [0.1, 0.15) is 15.5 Å². The third kappa shape index (κ3) is 1.43. The number of carboxylic acids is 1. The van der Waals surface area contributed by atoms with Gasteiger partial charge in [0.2, 0.25) is 0 Å². The van der Waals surface area contributed by atoms with Gasteiger partial charge in [-0.1, -0.05) is 6.58 Å². The second-order valence-corrected chi connectivity index (χ2v) is 4.20. The number of carbonyl (C=O) groups is 1. The zero-order chi connectivity index (χ0) is 11.9. The van der Waals surface area contributed by atoms with E-state index in [-0.39, 0.29) is 10.4 Å². The van der Waals surface area contributed by atoms with Crippen LogP contribution in [0.15, 0.2) is 11.4 Å². The first-order valence-corrected chi connectivity index (χ1v) is 5.25. The lowest BCUT2D eigenvalue weighted by atomic mass is 10.2. The van der Waals surface area contributed by atoms with Crippen molar-refractivity contribution in [3.05, 3.63) is 33.2 Å². The van der Waals surface area contributed by atoms with Gasteiger partial charge in [0.25, 0.3) is 5.56 Å². The number of nitrogens with one attached hydrogen (secondary N) is 1. The van der Waals surface area contributed by atoms with Gasteiger partial charge in [0.15, 0.2) is 0 Å². The fourth-order valence-electron chi connectivity index (χ4n) is 1.46. The summed E-state index contributed by atoms with van der Waals surface area (Å²) in [4.78, 5) is 29.8. The van der Waals surface area contributed by atoms with Crippen LogP contribution in [0.3, 0.4) is 0 Å². The van der Waals surface area contributed by atoms with Gasteiger partial charge in [-0.2, -0.15) is 0 Å². The molecule has 0 spiro atoms. The van der Waals surface area contributed by atoms with Crippen LogP contribution in [-0.4, -0.2) is 21.0 Å². The van der Waals surface area contributed by atoms with Gasteiger partial charge in [-0.05, 0) is 18.6 Å². The van der Waals surface area contributed by atoms with Crippen LogP contribution >= 0.6 is 11.3 Å². The molecule has 16 heavy (non-hydrogen) atoms. The third-order valence-electron chi connectivity index (χ3n) is 2.21. The van der Waals surface area contributed by atoms with Gasteiger partial charge in [0, 0.05) is 0 Å². The van der Waals surface area contributed by atoms with Crippen LogP contribution in [-0.2, 0) is 0 Å². The summed E-state index contributed by atoms with van der Waals surface area (Å²) >= 11 is 0.997. The quantitative estimate of drug-likeness (QED) is 0.830. The predicted octanol–water partition coefficient (Wildman–Crippen LogP) is 1.63. The normalized spacial score (nSPS) is 10.6. The summed E-state index contributed by atoms with van der Waals surface area (Å²) in [5.74, 6) is -0.698. The Morgan fingerprint density at radius 1 is 1.62 bits per heavy atom. The average Bonchev–Trinajstić information content (AvgIpc) is 2.56. The Morgan fingerprint density at radius 3 is 2.88 bits per heavy atom. The summed E-state index contributed by atoms with van der Waals surface area (Å²) in [6.45, 7) is 5.10. The number of aromatic carboxylic acids is 1. The lowest BCUT2D eigenvalue weighted by Crippen LogP contribution is -2.09. The fourth-order valence-corrected chi connectivity index (χ4v) is 2.49. The molecule has 2 rings (SSSR count). The number of nitrogens with zero attached hydrogens (tertiary/aromatic N) is 1. The topological polar surface area (TPSA) is 83.0 Å². The van der Waals surface area contributed by atoms with Crippen LogP contribution in [0.5, 0.6) is 0 Å². The Bertz CT molecular complexity index is 654. The van der Waals surface area contributed by atoms with Crippen molar-refractivity contribution in [1.29, 1.82) is 0 Å². The highest BCUT2D eigenvalue weighted by atomic mass is 32.1. The maximum absolute atomic E-state index is 11.7. The highest BCUT2D eigenvalue weighted by Crippen LogP contribution is 2.26. The molecule has 0 aliphatic heterocycles. The van der Waals surface area contributed by atoms with Crippen molar-refractivity contribution in [2.45, 2.75) is 6.92 Å². The van der Waals surface area contributed by atoms with Crippen molar-refractivity contribution in [1.82, 2.24) is 9.97 Å². The van der Waals surface area contributed by atoms with Crippen molar-refractivity contribution >= 4 is 33.6 Å². The lowest BCUT2D eigenvalue weighted by molar-refractivity contribution is 0.0701. The van der Waals surface area contributed by atoms with E-state index >= 15 is 0 Å². The van der Waals surface area contributed by atoms with Gasteiger partial charge in [0.05, 0.1) is 5.39 Å². The minimum atomic E-state index is -1.04. The van der Waals surface area contributed by atoms with Crippen LogP contribution in [0.25, 0.3) is 16.3 Å². The van der Waals surface area contributed by atoms with Crippen LogP contribution in [0.4, 0.5) is 0 Å². The smallest absolute Gasteiger partial charge is 0.346 e. The molecule has 0 radical (unpaired) electrons. The molecule has 0 bridgehead atoms.